The molecule has 0 saturated carbocycles. The van der Waals surface area contributed by atoms with Crippen molar-refractivity contribution in [1.29, 1.82) is 0 Å². The molecule has 1 aliphatic heterocycles. The Morgan fingerprint density at radius 2 is 1.67 bits per heavy atom. The minimum Gasteiger partial charge on any atom is -0.406 e. The van der Waals surface area contributed by atoms with E-state index in [0.29, 0.717) is 13.1 Å². The van der Waals surface area contributed by atoms with Crippen molar-refractivity contribution in [1.82, 2.24) is 9.21 Å². The first-order valence-corrected chi connectivity index (χ1v) is 8.38. The number of ether oxygens (including phenoxy) is 1. The van der Waals surface area contributed by atoms with Crippen LogP contribution in [-0.4, -0.2) is 62.6 Å². The van der Waals surface area contributed by atoms with E-state index in [1.165, 1.54) is 4.31 Å². The summed E-state index contributed by atoms with van der Waals surface area (Å²) in [5.41, 5.74) is 5.09. The maximum absolute atomic E-state index is 12.5. The summed E-state index contributed by atoms with van der Waals surface area (Å²) in [5.74, 6) is -0.987. The SMILES string of the molecule is NC(=O)CN1CCN(S(=O)(=O)c2ccc(OC(F)(F)F)cc2)CC1. The molecule has 0 spiro atoms. The summed E-state index contributed by atoms with van der Waals surface area (Å²) < 4.78 is 66.2. The number of alkyl halides is 3. The summed E-state index contributed by atoms with van der Waals surface area (Å²) in [6, 6.07) is 4.02. The number of piperazine rings is 1. The quantitative estimate of drug-likeness (QED) is 0.812. The number of amides is 1. The van der Waals surface area contributed by atoms with Crippen LogP contribution >= 0.6 is 0 Å². The topological polar surface area (TPSA) is 92.9 Å². The molecule has 0 aliphatic carbocycles. The average molecular weight is 367 g/mol. The van der Waals surface area contributed by atoms with E-state index >= 15 is 0 Å². The Hall–Kier alpha value is -1.85. The lowest BCUT2D eigenvalue weighted by Gasteiger charge is -2.33. The van der Waals surface area contributed by atoms with Crippen molar-refractivity contribution in [2.24, 2.45) is 5.73 Å². The number of nitrogens with zero attached hydrogens (tertiary/aromatic N) is 2. The highest BCUT2D eigenvalue weighted by Gasteiger charge is 2.32. The second-order valence-electron chi connectivity index (χ2n) is 5.17. The van der Waals surface area contributed by atoms with Gasteiger partial charge in [0.2, 0.25) is 15.9 Å². The molecule has 7 nitrogen and oxygen atoms in total. The standard InChI is InChI=1S/C13H16F3N3O4S/c14-13(15,16)23-10-1-3-11(4-2-10)24(21,22)19-7-5-18(6-8-19)9-12(17)20/h1-4H,5-9H2,(H2,17,20). The van der Waals surface area contributed by atoms with Crippen LogP contribution in [0.2, 0.25) is 0 Å². The third-order valence-corrected chi connectivity index (χ3v) is 5.32. The number of hydrogen-bond donors (Lipinski definition) is 1. The van der Waals surface area contributed by atoms with Crippen LogP contribution in [0.15, 0.2) is 29.2 Å². The van der Waals surface area contributed by atoms with Gasteiger partial charge in [0.15, 0.2) is 0 Å². The van der Waals surface area contributed by atoms with Gasteiger partial charge < -0.3 is 10.5 Å². The Labute approximate surface area is 136 Å². The zero-order valence-corrected chi connectivity index (χ0v) is 13.3. The molecular formula is C13H16F3N3O4S. The fourth-order valence-electron chi connectivity index (χ4n) is 2.31. The van der Waals surface area contributed by atoms with Crippen molar-refractivity contribution < 1.29 is 31.1 Å². The molecule has 0 radical (unpaired) electrons. The van der Waals surface area contributed by atoms with Crippen LogP contribution in [0, 0.1) is 0 Å². The van der Waals surface area contributed by atoms with Crippen LogP contribution in [-0.2, 0) is 14.8 Å². The summed E-state index contributed by atoms with van der Waals surface area (Å²) in [6.07, 6.45) is -4.84. The highest BCUT2D eigenvalue weighted by atomic mass is 32.2. The fraction of sp³-hybridized carbons (Fsp3) is 0.462. The molecule has 0 unspecified atom stereocenters. The maximum Gasteiger partial charge on any atom is 0.573 e. The normalized spacial score (nSPS) is 17.6. The number of carbonyl (C=O) groups is 1. The van der Waals surface area contributed by atoms with Crippen LogP contribution in [0.25, 0.3) is 0 Å². The van der Waals surface area contributed by atoms with E-state index in [1.54, 1.807) is 4.90 Å². The average Bonchev–Trinajstić information content (AvgIpc) is 2.46. The van der Waals surface area contributed by atoms with E-state index in [4.69, 9.17) is 5.73 Å². The Bertz CT molecular complexity index is 683. The largest absolute Gasteiger partial charge is 0.573 e. The number of rotatable bonds is 5. The lowest BCUT2D eigenvalue weighted by Crippen LogP contribution is -2.50. The molecule has 0 bridgehead atoms. The molecule has 1 amide bonds. The fourth-order valence-corrected chi connectivity index (χ4v) is 3.73. The minimum atomic E-state index is -4.84. The lowest BCUT2D eigenvalue weighted by atomic mass is 10.3. The zero-order chi connectivity index (χ0) is 18.0. The summed E-state index contributed by atoms with van der Waals surface area (Å²) in [4.78, 5) is 12.5. The van der Waals surface area contributed by atoms with Crippen LogP contribution in [0.4, 0.5) is 13.2 Å². The molecule has 24 heavy (non-hydrogen) atoms. The Morgan fingerprint density at radius 3 is 2.12 bits per heavy atom. The van der Waals surface area contributed by atoms with Crippen molar-refractivity contribution in [3.05, 3.63) is 24.3 Å². The zero-order valence-electron chi connectivity index (χ0n) is 12.5. The number of hydrogen-bond acceptors (Lipinski definition) is 5. The van der Waals surface area contributed by atoms with Gasteiger partial charge in [0.1, 0.15) is 5.75 Å². The van der Waals surface area contributed by atoms with Gasteiger partial charge in [0.25, 0.3) is 0 Å². The molecule has 2 rings (SSSR count). The van der Waals surface area contributed by atoms with E-state index < -0.39 is 28.0 Å². The van der Waals surface area contributed by atoms with Gasteiger partial charge in [0.05, 0.1) is 11.4 Å². The number of sulfonamides is 1. The molecule has 134 valence electrons. The van der Waals surface area contributed by atoms with Crippen LogP contribution in [0.5, 0.6) is 5.75 Å². The third-order valence-electron chi connectivity index (χ3n) is 3.41. The van der Waals surface area contributed by atoms with Gasteiger partial charge in [-0.25, -0.2) is 8.42 Å². The highest BCUT2D eigenvalue weighted by Crippen LogP contribution is 2.25. The second kappa shape index (κ2) is 6.95. The Kier molecular flexibility index (Phi) is 5.35. The second-order valence-corrected chi connectivity index (χ2v) is 7.10. The van der Waals surface area contributed by atoms with Gasteiger partial charge in [0, 0.05) is 26.2 Å². The van der Waals surface area contributed by atoms with Crippen LogP contribution in [0.1, 0.15) is 0 Å². The Morgan fingerprint density at radius 1 is 1.12 bits per heavy atom. The molecule has 1 heterocycles. The number of benzene rings is 1. The van der Waals surface area contributed by atoms with Crippen molar-refractivity contribution in [2.45, 2.75) is 11.3 Å². The molecular weight excluding hydrogens is 351 g/mol. The summed E-state index contributed by atoms with van der Waals surface area (Å²) in [5, 5.41) is 0. The monoisotopic (exact) mass is 367 g/mol. The molecule has 11 heteroatoms. The predicted octanol–water partition coefficient (Wildman–Crippen LogP) is 0.377. The summed E-state index contributed by atoms with van der Waals surface area (Å²) in [6.45, 7) is 1.07. The van der Waals surface area contributed by atoms with E-state index in [0.717, 1.165) is 24.3 Å². The van der Waals surface area contributed by atoms with Gasteiger partial charge in [-0.15, -0.1) is 13.2 Å². The van der Waals surface area contributed by atoms with Crippen molar-refractivity contribution in [3.63, 3.8) is 0 Å². The van der Waals surface area contributed by atoms with Gasteiger partial charge >= 0.3 is 6.36 Å². The summed E-state index contributed by atoms with van der Waals surface area (Å²) >= 11 is 0. The van der Waals surface area contributed by atoms with Gasteiger partial charge in [-0.3, -0.25) is 9.69 Å². The first-order valence-electron chi connectivity index (χ1n) is 6.94. The van der Waals surface area contributed by atoms with E-state index in [1.807, 2.05) is 0 Å². The first-order chi connectivity index (χ1) is 11.1. The molecule has 0 atom stereocenters. The number of nitrogens with two attached hydrogens (primary N) is 1. The minimum absolute atomic E-state index is 0.0529. The number of halogens is 3. The molecule has 1 saturated heterocycles. The van der Waals surface area contributed by atoms with E-state index in [9.17, 15) is 26.4 Å². The van der Waals surface area contributed by atoms with Crippen molar-refractivity contribution in [2.75, 3.05) is 32.7 Å². The van der Waals surface area contributed by atoms with Gasteiger partial charge in [-0.05, 0) is 24.3 Å². The first kappa shape index (κ1) is 18.5. The van der Waals surface area contributed by atoms with Gasteiger partial charge in [-0.1, -0.05) is 0 Å². The lowest BCUT2D eigenvalue weighted by molar-refractivity contribution is -0.274. The predicted molar refractivity (Wildman–Crippen MR) is 77.5 cm³/mol. The van der Waals surface area contributed by atoms with E-state index in [2.05, 4.69) is 4.74 Å². The van der Waals surface area contributed by atoms with E-state index in [-0.39, 0.29) is 24.5 Å². The smallest absolute Gasteiger partial charge is 0.406 e. The molecule has 2 N–H and O–H groups in total. The van der Waals surface area contributed by atoms with Crippen molar-refractivity contribution in [3.8, 4) is 5.75 Å². The van der Waals surface area contributed by atoms with Crippen LogP contribution in [0.3, 0.4) is 0 Å². The van der Waals surface area contributed by atoms with Crippen LogP contribution < -0.4 is 10.5 Å². The molecule has 1 fully saturated rings. The summed E-state index contributed by atoms with van der Waals surface area (Å²) in [7, 11) is -3.82. The number of primary amides is 1. The highest BCUT2D eigenvalue weighted by molar-refractivity contribution is 7.89. The molecule has 0 aromatic heterocycles. The molecule has 1 aromatic carbocycles. The Balaban J connectivity index is 2.04. The number of carbonyl (C=O) groups excluding carboxylic acids is 1. The maximum atomic E-state index is 12.5. The van der Waals surface area contributed by atoms with Gasteiger partial charge in [-0.2, -0.15) is 4.31 Å². The van der Waals surface area contributed by atoms with Crippen molar-refractivity contribution >= 4 is 15.9 Å². The third kappa shape index (κ3) is 4.82. The molecule has 1 aliphatic rings. The molecule has 1 aromatic rings.